The molecule has 0 aliphatic rings. The lowest BCUT2D eigenvalue weighted by Gasteiger charge is -2.21. The van der Waals surface area contributed by atoms with E-state index < -0.39 is 11.8 Å². The summed E-state index contributed by atoms with van der Waals surface area (Å²) in [6, 6.07) is 3.38. The Bertz CT molecular complexity index is 401. The van der Waals surface area contributed by atoms with Crippen molar-refractivity contribution in [1.82, 2.24) is 5.32 Å². The van der Waals surface area contributed by atoms with Crippen molar-refractivity contribution in [2.24, 2.45) is 0 Å². The van der Waals surface area contributed by atoms with Gasteiger partial charge in [-0.1, -0.05) is 11.6 Å². The van der Waals surface area contributed by atoms with Gasteiger partial charge in [0.25, 0.3) is 0 Å². The Morgan fingerprint density at radius 1 is 1.38 bits per heavy atom. The first-order chi connectivity index (χ1) is 7.28. The Morgan fingerprint density at radius 3 is 2.56 bits per heavy atom. The smallest absolute Gasteiger partial charge is 0.319 e. The van der Waals surface area contributed by atoms with Crippen LogP contribution in [0.4, 0.5) is 14.9 Å². The number of carbonyl (C=O) groups excluding carboxylic acids is 1. The molecular formula is C11H14ClFN2O. The van der Waals surface area contributed by atoms with Gasteiger partial charge in [0.1, 0.15) is 5.82 Å². The van der Waals surface area contributed by atoms with E-state index in [9.17, 15) is 9.18 Å². The fourth-order valence-corrected chi connectivity index (χ4v) is 1.25. The maximum absolute atomic E-state index is 12.9. The van der Waals surface area contributed by atoms with Gasteiger partial charge >= 0.3 is 6.03 Å². The summed E-state index contributed by atoms with van der Waals surface area (Å²) in [5, 5.41) is 5.47. The van der Waals surface area contributed by atoms with Crippen LogP contribution in [0, 0.1) is 5.82 Å². The van der Waals surface area contributed by atoms with Crippen molar-refractivity contribution in [2.75, 3.05) is 5.32 Å². The summed E-state index contributed by atoms with van der Waals surface area (Å²) in [5.74, 6) is -0.449. The molecule has 0 radical (unpaired) electrons. The molecule has 1 aromatic carbocycles. The number of urea groups is 1. The second kappa shape index (κ2) is 4.70. The van der Waals surface area contributed by atoms with Gasteiger partial charge in [0.15, 0.2) is 0 Å². The van der Waals surface area contributed by atoms with E-state index in [0.29, 0.717) is 5.02 Å². The summed E-state index contributed by atoms with van der Waals surface area (Å²) in [7, 11) is 0. The van der Waals surface area contributed by atoms with Crippen LogP contribution in [0.1, 0.15) is 20.8 Å². The lowest BCUT2D eigenvalue weighted by atomic mass is 10.1. The number of benzene rings is 1. The van der Waals surface area contributed by atoms with Crippen LogP contribution in [-0.2, 0) is 0 Å². The van der Waals surface area contributed by atoms with E-state index in [1.54, 1.807) is 0 Å². The standard InChI is InChI=1S/C11H14ClFN2O/c1-11(2,3)15-10(16)14-9-6-7(13)4-5-8(9)12/h4-6H,1-3H3,(H2,14,15,16). The normalized spacial score (nSPS) is 11.1. The number of hydrogen-bond acceptors (Lipinski definition) is 1. The number of amides is 2. The van der Waals surface area contributed by atoms with E-state index in [1.807, 2.05) is 20.8 Å². The first-order valence-electron chi connectivity index (χ1n) is 4.82. The highest BCUT2D eigenvalue weighted by Gasteiger charge is 2.14. The molecule has 88 valence electrons. The second-order valence-electron chi connectivity index (χ2n) is 4.45. The van der Waals surface area contributed by atoms with Crippen molar-refractivity contribution in [3.63, 3.8) is 0 Å². The first kappa shape index (κ1) is 12.8. The van der Waals surface area contributed by atoms with E-state index in [4.69, 9.17) is 11.6 Å². The molecule has 0 aliphatic heterocycles. The molecule has 0 bridgehead atoms. The summed E-state index contributed by atoms with van der Waals surface area (Å²) in [5.41, 5.74) is -0.104. The highest BCUT2D eigenvalue weighted by Crippen LogP contribution is 2.22. The molecule has 1 aromatic rings. The molecule has 0 unspecified atom stereocenters. The van der Waals surface area contributed by atoms with Gasteiger partial charge in [0.2, 0.25) is 0 Å². The van der Waals surface area contributed by atoms with Crippen molar-refractivity contribution in [3.05, 3.63) is 29.0 Å². The van der Waals surface area contributed by atoms with Crippen LogP contribution in [-0.4, -0.2) is 11.6 Å². The third-order valence-electron chi connectivity index (χ3n) is 1.67. The first-order valence-corrected chi connectivity index (χ1v) is 5.20. The summed E-state index contributed by atoms with van der Waals surface area (Å²) < 4.78 is 12.9. The Morgan fingerprint density at radius 2 is 2.00 bits per heavy atom. The number of rotatable bonds is 1. The van der Waals surface area contributed by atoms with E-state index in [-0.39, 0.29) is 11.2 Å². The van der Waals surface area contributed by atoms with Crippen molar-refractivity contribution >= 4 is 23.3 Å². The van der Waals surface area contributed by atoms with Crippen LogP contribution >= 0.6 is 11.6 Å². The molecule has 3 nitrogen and oxygen atoms in total. The van der Waals surface area contributed by atoms with Crippen molar-refractivity contribution in [3.8, 4) is 0 Å². The van der Waals surface area contributed by atoms with Crippen LogP contribution in [0.2, 0.25) is 5.02 Å². The minimum Gasteiger partial charge on any atom is -0.333 e. The fraction of sp³-hybridized carbons (Fsp3) is 0.364. The van der Waals surface area contributed by atoms with Crippen LogP contribution in [0.3, 0.4) is 0 Å². The topological polar surface area (TPSA) is 41.1 Å². The highest BCUT2D eigenvalue weighted by atomic mass is 35.5. The molecule has 0 atom stereocenters. The Kier molecular flexibility index (Phi) is 3.75. The molecule has 0 saturated heterocycles. The molecule has 0 aromatic heterocycles. The Labute approximate surface area is 99.0 Å². The van der Waals surface area contributed by atoms with Gasteiger partial charge in [-0.3, -0.25) is 0 Å². The van der Waals surface area contributed by atoms with Crippen molar-refractivity contribution < 1.29 is 9.18 Å². The predicted octanol–water partition coefficient (Wildman–Crippen LogP) is 3.40. The molecule has 0 spiro atoms. The predicted molar refractivity (Wildman–Crippen MR) is 63.3 cm³/mol. The van der Waals surface area contributed by atoms with Crippen molar-refractivity contribution in [2.45, 2.75) is 26.3 Å². The quantitative estimate of drug-likeness (QED) is 0.781. The van der Waals surface area contributed by atoms with Gasteiger partial charge in [-0.25, -0.2) is 9.18 Å². The molecule has 5 heteroatoms. The second-order valence-corrected chi connectivity index (χ2v) is 4.86. The molecule has 0 saturated carbocycles. The summed E-state index contributed by atoms with van der Waals surface area (Å²) in [6.07, 6.45) is 0. The molecule has 16 heavy (non-hydrogen) atoms. The van der Waals surface area contributed by atoms with Crippen LogP contribution in [0.25, 0.3) is 0 Å². The molecule has 0 heterocycles. The fourth-order valence-electron chi connectivity index (χ4n) is 1.09. The molecule has 2 N–H and O–H groups in total. The van der Waals surface area contributed by atoms with Gasteiger partial charge < -0.3 is 10.6 Å². The average Bonchev–Trinajstić information content (AvgIpc) is 2.08. The zero-order chi connectivity index (χ0) is 12.3. The highest BCUT2D eigenvalue weighted by molar-refractivity contribution is 6.33. The van der Waals surface area contributed by atoms with Crippen LogP contribution in [0.5, 0.6) is 0 Å². The zero-order valence-electron chi connectivity index (χ0n) is 9.40. The van der Waals surface area contributed by atoms with E-state index >= 15 is 0 Å². The average molecular weight is 245 g/mol. The summed E-state index contributed by atoms with van der Waals surface area (Å²) in [6.45, 7) is 5.54. The van der Waals surface area contributed by atoms with Gasteiger partial charge in [-0.2, -0.15) is 0 Å². The maximum Gasteiger partial charge on any atom is 0.319 e. The molecule has 0 fully saturated rings. The van der Waals surface area contributed by atoms with E-state index in [2.05, 4.69) is 10.6 Å². The monoisotopic (exact) mass is 244 g/mol. The maximum atomic E-state index is 12.9. The number of halogens is 2. The minimum absolute atomic E-state index is 0.253. The zero-order valence-corrected chi connectivity index (χ0v) is 10.2. The minimum atomic E-state index is -0.449. The van der Waals surface area contributed by atoms with Crippen LogP contribution < -0.4 is 10.6 Å². The van der Waals surface area contributed by atoms with Gasteiger partial charge in [0, 0.05) is 5.54 Å². The Balaban J connectivity index is 2.73. The lowest BCUT2D eigenvalue weighted by molar-refractivity contribution is 0.244. The van der Waals surface area contributed by atoms with Crippen LogP contribution in [0.15, 0.2) is 18.2 Å². The summed E-state index contributed by atoms with van der Waals surface area (Å²) >= 11 is 5.80. The van der Waals surface area contributed by atoms with E-state index in [0.717, 1.165) is 0 Å². The van der Waals surface area contributed by atoms with E-state index in [1.165, 1.54) is 18.2 Å². The molecular weight excluding hydrogens is 231 g/mol. The molecule has 0 aliphatic carbocycles. The third-order valence-corrected chi connectivity index (χ3v) is 1.99. The van der Waals surface area contributed by atoms with Gasteiger partial charge in [0.05, 0.1) is 10.7 Å². The summed E-state index contributed by atoms with van der Waals surface area (Å²) in [4.78, 5) is 11.5. The van der Waals surface area contributed by atoms with Gasteiger partial charge in [-0.15, -0.1) is 0 Å². The molecule has 2 amide bonds. The largest absolute Gasteiger partial charge is 0.333 e. The third kappa shape index (κ3) is 4.06. The number of hydrogen-bond donors (Lipinski definition) is 2. The van der Waals surface area contributed by atoms with Gasteiger partial charge in [-0.05, 0) is 39.0 Å². The lowest BCUT2D eigenvalue weighted by Crippen LogP contribution is -2.43. The SMILES string of the molecule is CC(C)(C)NC(=O)Nc1cc(F)ccc1Cl. The number of carbonyl (C=O) groups is 1. The van der Waals surface area contributed by atoms with Crippen molar-refractivity contribution in [1.29, 1.82) is 0 Å². The molecule has 1 rings (SSSR count). The number of nitrogens with one attached hydrogen (secondary N) is 2. The Hall–Kier alpha value is -1.29. The number of anilines is 1.